The lowest BCUT2D eigenvalue weighted by Crippen LogP contribution is -2.38. The molecule has 26 heavy (non-hydrogen) atoms. The van der Waals surface area contributed by atoms with E-state index >= 15 is 0 Å². The smallest absolute Gasteiger partial charge is 0.313 e. The fourth-order valence-corrected chi connectivity index (χ4v) is 3.75. The van der Waals surface area contributed by atoms with Gasteiger partial charge in [-0.15, -0.1) is 11.3 Å². The molecule has 0 saturated heterocycles. The number of amides is 1. The Morgan fingerprint density at radius 1 is 1.35 bits per heavy atom. The molecule has 4 rings (SSSR count). The number of thiazole rings is 1. The summed E-state index contributed by atoms with van der Waals surface area (Å²) in [4.78, 5) is 16.5. The zero-order valence-corrected chi connectivity index (χ0v) is 14.7. The van der Waals surface area contributed by atoms with Gasteiger partial charge in [0.05, 0.1) is 5.69 Å². The molecule has 1 aromatic heterocycles. The summed E-state index contributed by atoms with van der Waals surface area (Å²) in [5, 5.41) is 5.09. The van der Waals surface area contributed by atoms with Gasteiger partial charge in [0.25, 0.3) is 0 Å². The van der Waals surface area contributed by atoms with Gasteiger partial charge in [0.2, 0.25) is 0 Å². The minimum Gasteiger partial charge on any atom is -0.313 e. The van der Waals surface area contributed by atoms with E-state index in [1.807, 2.05) is 6.07 Å². The number of rotatable bonds is 6. The van der Waals surface area contributed by atoms with Gasteiger partial charge < -0.3 is 5.32 Å². The number of benzene rings is 1. The topological polar surface area (TPSA) is 45.2 Å². The molecule has 1 amide bonds. The molecule has 138 valence electrons. The molecule has 0 aliphatic heterocycles. The van der Waals surface area contributed by atoms with Gasteiger partial charge in [-0.2, -0.15) is 13.2 Å². The maximum atomic E-state index is 13.1. The molecule has 1 heterocycles. The lowest BCUT2D eigenvalue weighted by molar-refractivity contribution is -0.169. The van der Waals surface area contributed by atoms with Gasteiger partial charge in [0.15, 0.2) is 5.13 Å². The molecular formula is C18H18F3N3OS. The molecular weight excluding hydrogens is 363 g/mol. The highest BCUT2D eigenvalue weighted by atomic mass is 32.1. The number of hydrogen-bond donors (Lipinski definition) is 1. The maximum Gasteiger partial charge on any atom is 0.472 e. The number of nitrogens with zero attached hydrogens (tertiary/aromatic N) is 2. The SMILES string of the molecule is O=C(N(c1cccc(C2CC2NCC2CC2)c1)c1nccs1)C(F)(F)F. The minimum absolute atomic E-state index is 0.0173. The molecule has 2 saturated carbocycles. The first-order valence-corrected chi connectivity index (χ1v) is 9.45. The van der Waals surface area contributed by atoms with Crippen LogP contribution in [0.25, 0.3) is 0 Å². The Bertz CT molecular complexity index is 789. The molecule has 2 fully saturated rings. The fraction of sp³-hybridized carbons (Fsp3) is 0.444. The average molecular weight is 381 g/mol. The van der Waals surface area contributed by atoms with Crippen molar-refractivity contribution in [1.82, 2.24) is 10.3 Å². The van der Waals surface area contributed by atoms with E-state index in [1.54, 1.807) is 17.5 Å². The Labute approximate surface area is 153 Å². The Morgan fingerprint density at radius 2 is 2.15 bits per heavy atom. The Kier molecular flexibility index (Phi) is 4.48. The minimum atomic E-state index is -4.96. The van der Waals surface area contributed by atoms with Gasteiger partial charge >= 0.3 is 12.1 Å². The van der Waals surface area contributed by atoms with Gasteiger partial charge in [-0.25, -0.2) is 9.88 Å². The van der Waals surface area contributed by atoms with Crippen molar-refractivity contribution in [2.45, 2.75) is 37.4 Å². The molecule has 0 spiro atoms. The number of carbonyl (C=O) groups is 1. The van der Waals surface area contributed by atoms with E-state index in [0.29, 0.717) is 10.9 Å². The number of carbonyl (C=O) groups excluding carboxylic acids is 1. The molecule has 0 bridgehead atoms. The molecule has 4 nitrogen and oxygen atoms in total. The third-order valence-corrected chi connectivity index (χ3v) is 5.53. The summed E-state index contributed by atoms with van der Waals surface area (Å²) in [7, 11) is 0. The van der Waals surface area contributed by atoms with E-state index in [4.69, 9.17) is 0 Å². The predicted octanol–water partition coefficient (Wildman–Crippen LogP) is 4.23. The van der Waals surface area contributed by atoms with Crippen LogP contribution >= 0.6 is 11.3 Å². The number of alkyl halides is 3. The van der Waals surface area contributed by atoms with Crippen molar-refractivity contribution < 1.29 is 18.0 Å². The first-order valence-electron chi connectivity index (χ1n) is 8.57. The second-order valence-corrected chi connectivity index (χ2v) is 7.72. The zero-order chi connectivity index (χ0) is 18.3. The summed E-state index contributed by atoms with van der Waals surface area (Å²) in [6.45, 7) is 1.01. The highest BCUT2D eigenvalue weighted by molar-refractivity contribution is 7.13. The van der Waals surface area contributed by atoms with Crippen LogP contribution in [0.1, 0.15) is 30.7 Å². The molecule has 2 atom stereocenters. The molecule has 2 aliphatic rings. The highest BCUT2D eigenvalue weighted by Gasteiger charge is 2.45. The number of nitrogens with one attached hydrogen (secondary N) is 1. The van der Waals surface area contributed by atoms with Gasteiger partial charge in [0.1, 0.15) is 0 Å². The number of halogens is 3. The van der Waals surface area contributed by atoms with Crippen LogP contribution in [0.3, 0.4) is 0 Å². The van der Waals surface area contributed by atoms with Crippen LogP contribution in [0.2, 0.25) is 0 Å². The van der Waals surface area contributed by atoms with Crippen molar-refractivity contribution >= 4 is 28.1 Å². The number of aromatic nitrogens is 1. The van der Waals surface area contributed by atoms with Crippen molar-refractivity contribution in [1.29, 1.82) is 0 Å². The molecule has 2 unspecified atom stereocenters. The molecule has 1 N–H and O–H groups in total. The fourth-order valence-electron chi connectivity index (χ4n) is 3.09. The summed E-state index contributed by atoms with van der Waals surface area (Å²) in [5.41, 5.74) is 1.15. The summed E-state index contributed by atoms with van der Waals surface area (Å²) >= 11 is 1.00. The van der Waals surface area contributed by atoms with Crippen LogP contribution in [-0.2, 0) is 4.79 Å². The van der Waals surface area contributed by atoms with Crippen LogP contribution < -0.4 is 10.2 Å². The van der Waals surface area contributed by atoms with Gasteiger partial charge in [-0.1, -0.05) is 12.1 Å². The first kappa shape index (κ1) is 17.5. The number of anilines is 2. The lowest BCUT2D eigenvalue weighted by Gasteiger charge is -2.21. The second-order valence-electron chi connectivity index (χ2n) is 6.85. The maximum absolute atomic E-state index is 13.1. The van der Waals surface area contributed by atoms with Crippen LogP contribution in [0.5, 0.6) is 0 Å². The first-order chi connectivity index (χ1) is 12.4. The third-order valence-electron chi connectivity index (χ3n) is 4.77. The van der Waals surface area contributed by atoms with Crippen molar-refractivity contribution in [3.63, 3.8) is 0 Å². The Balaban J connectivity index is 1.56. The van der Waals surface area contributed by atoms with Crippen molar-refractivity contribution in [2.75, 3.05) is 11.4 Å². The van der Waals surface area contributed by atoms with Gasteiger partial charge in [-0.3, -0.25) is 4.79 Å². The second kappa shape index (κ2) is 6.66. The normalized spacial score (nSPS) is 22.3. The zero-order valence-electron chi connectivity index (χ0n) is 13.9. The Morgan fingerprint density at radius 3 is 2.81 bits per heavy atom. The Hall–Kier alpha value is -1.93. The van der Waals surface area contributed by atoms with Crippen LogP contribution in [0, 0.1) is 5.92 Å². The number of hydrogen-bond acceptors (Lipinski definition) is 4. The van der Waals surface area contributed by atoms with E-state index < -0.39 is 12.1 Å². The summed E-state index contributed by atoms with van der Waals surface area (Å²) < 4.78 is 39.2. The van der Waals surface area contributed by atoms with E-state index in [1.165, 1.54) is 25.1 Å². The largest absolute Gasteiger partial charge is 0.472 e. The van der Waals surface area contributed by atoms with Crippen LogP contribution in [-0.4, -0.2) is 29.7 Å². The summed E-state index contributed by atoms with van der Waals surface area (Å²) in [6, 6.07) is 7.17. The summed E-state index contributed by atoms with van der Waals surface area (Å²) in [6.07, 6.45) is -0.0418. The highest BCUT2D eigenvalue weighted by Crippen LogP contribution is 2.43. The van der Waals surface area contributed by atoms with E-state index in [9.17, 15) is 18.0 Å². The third kappa shape index (κ3) is 3.76. The molecule has 1 aromatic carbocycles. The lowest BCUT2D eigenvalue weighted by atomic mass is 10.1. The van der Waals surface area contributed by atoms with E-state index in [0.717, 1.165) is 35.8 Å². The van der Waals surface area contributed by atoms with Crippen molar-refractivity contribution in [2.24, 2.45) is 5.92 Å². The predicted molar refractivity (Wildman–Crippen MR) is 93.6 cm³/mol. The van der Waals surface area contributed by atoms with E-state index in [2.05, 4.69) is 10.3 Å². The van der Waals surface area contributed by atoms with E-state index in [-0.39, 0.29) is 16.7 Å². The van der Waals surface area contributed by atoms with Gasteiger partial charge in [0, 0.05) is 23.5 Å². The van der Waals surface area contributed by atoms with Crippen molar-refractivity contribution in [3.05, 3.63) is 41.4 Å². The van der Waals surface area contributed by atoms with Crippen LogP contribution in [0.4, 0.5) is 24.0 Å². The monoisotopic (exact) mass is 381 g/mol. The molecule has 8 heteroatoms. The standard InChI is InChI=1S/C18H18F3N3OS/c19-18(20,21)16(25)24(17-22-6-7-26-17)13-3-1-2-12(8-13)14-9-15(14)23-10-11-4-5-11/h1-3,6-8,11,14-15,23H,4-5,9-10H2. The average Bonchev–Trinajstić information content (AvgIpc) is 3.51. The summed E-state index contributed by atoms with van der Waals surface area (Å²) in [5.74, 6) is -0.857. The van der Waals surface area contributed by atoms with Crippen LogP contribution in [0.15, 0.2) is 35.8 Å². The van der Waals surface area contributed by atoms with Gasteiger partial charge in [-0.05, 0) is 49.4 Å². The molecule has 2 aliphatic carbocycles. The van der Waals surface area contributed by atoms with Crippen molar-refractivity contribution in [3.8, 4) is 0 Å². The quantitative estimate of drug-likeness (QED) is 0.815. The molecule has 2 aromatic rings. The molecule has 0 radical (unpaired) electrons.